The second-order valence-corrected chi connectivity index (χ2v) is 3.51. The van der Waals surface area contributed by atoms with Crippen molar-refractivity contribution in [2.45, 2.75) is 13.0 Å². The third kappa shape index (κ3) is 1.23. The van der Waals surface area contributed by atoms with Gasteiger partial charge in [0.05, 0.1) is 11.6 Å². The van der Waals surface area contributed by atoms with Gasteiger partial charge in [0, 0.05) is 0 Å². The van der Waals surface area contributed by atoms with Crippen LogP contribution in [0.5, 0.6) is 5.88 Å². The Hall–Kier alpha value is -1.26. The van der Waals surface area contributed by atoms with Gasteiger partial charge in [-0.3, -0.25) is 4.40 Å². The van der Waals surface area contributed by atoms with Crippen LogP contribution < -0.4 is 5.73 Å². The molecule has 2 aromatic heterocycles. The Bertz CT molecular complexity index is 478. The maximum atomic E-state index is 9.62. The van der Waals surface area contributed by atoms with E-state index >= 15 is 0 Å². The van der Waals surface area contributed by atoms with Crippen LogP contribution in [0.4, 0.5) is 0 Å². The van der Waals surface area contributed by atoms with Gasteiger partial charge in [0.2, 0.25) is 0 Å². The van der Waals surface area contributed by atoms with Gasteiger partial charge in [-0.15, -0.1) is 0 Å². The van der Waals surface area contributed by atoms with Crippen molar-refractivity contribution in [3.63, 3.8) is 0 Å². The number of halogens is 1. The predicted molar refractivity (Wildman–Crippen MR) is 54.5 cm³/mol. The van der Waals surface area contributed by atoms with Crippen molar-refractivity contribution in [2.24, 2.45) is 5.73 Å². The van der Waals surface area contributed by atoms with Crippen molar-refractivity contribution in [1.29, 1.82) is 0 Å². The Labute approximate surface area is 85.9 Å². The molecule has 0 bridgehead atoms. The molecule has 0 aliphatic carbocycles. The lowest BCUT2D eigenvalue weighted by molar-refractivity contribution is 0.440. The molecule has 4 nitrogen and oxygen atoms in total. The maximum absolute atomic E-state index is 9.62. The van der Waals surface area contributed by atoms with Crippen LogP contribution in [0.2, 0.25) is 5.15 Å². The van der Waals surface area contributed by atoms with E-state index in [1.807, 2.05) is 0 Å². The number of imidazole rings is 1. The van der Waals surface area contributed by atoms with E-state index in [4.69, 9.17) is 17.3 Å². The minimum absolute atomic E-state index is 0.0919. The molecular formula is C9H10ClN3O. The lowest BCUT2D eigenvalue weighted by Crippen LogP contribution is -2.09. The van der Waals surface area contributed by atoms with Crippen molar-refractivity contribution in [1.82, 2.24) is 9.38 Å². The average molecular weight is 212 g/mol. The van der Waals surface area contributed by atoms with Gasteiger partial charge in [-0.2, -0.15) is 0 Å². The molecule has 0 aromatic carbocycles. The van der Waals surface area contributed by atoms with Crippen LogP contribution >= 0.6 is 11.6 Å². The molecule has 14 heavy (non-hydrogen) atoms. The zero-order chi connectivity index (χ0) is 10.3. The fourth-order valence-electron chi connectivity index (χ4n) is 1.41. The van der Waals surface area contributed by atoms with E-state index in [0.717, 1.165) is 0 Å². The monoisotopic (exact) mass is 211 g/mol. The van der Waals surface area contributed by atoms with Crippen LogP contribution in [0.25, 0.3) is 5.52 Å². The predicted octanol–water partition coefficient (Wildman–Crippen LogP) is 1.71. The number of aromatic nitrogens is 2. The highest BCUT2D eigenvalue weighted by atomic mass is 35.5. The zero-order valence-corrected chi connectivity index (χ0v) is 8.36. The van der Waals surface area contributed by atoms with E-state index in [2.05, 4.69) is 4.98 Å². The number of hydrogen-bond acceptors (Lipinski definition) is 3. The van der Waals surface area contributed by atoms with Gasteiger partial charge < -0.3 is 10.8 Å². The van der Waals surface area contributed by atoms with Gasteiger partial charge in [0.15, 0.2) is 11.0 Å². The highest BCUT2D eigenvalue weighted by Gasteiger charge is 2.14. The third-order valence-corrected chi connectivity index (χ3v) is 2.31. The lowest BCUT2D eigenvalue weighted by Gasteiger charge is -2.05. The largest absolute Gasteiger partial charge is 0.494 e. The van der Waals surface area contributed by atoms with Crippen molar-refractivity contribution in [3.8, 4) is 5.88 Å². The Morgan fingerprint density at radius 3 is 2.93 bits per heavy atom. The van der Waals surface area contributed by atoms with Crippen LogP contribution in [0, 0.1) is 0 Å². The van der Waals surface area contributed by atoms with Gasteiger partial charge in [-0.1, -0.05) is 17.7 Å². The molecule has 2 aromatic rings. The first kappa shape index (κ1) is 9.30. The van der Waals surface area contributed by atoms with Crippen LogP contribution in [0.3, 0.4) is 0 Å². The van der Waals surface area contributed by atoms with E-state index < -0.39 is 0 Å². The molecule has 1 atom stereocenters. The molecule has 0 aliphatic rings. The highest BCUT2D eigenvalue weighted by molar-refractivity contribution is 6.32. The number of rotatable bonds is 1. The van der Waals surface area contributed by atoms with E-state index in [-0.39, 0.29) is 11.9 Å². The third-order valence-electron chi connectivity index (χ3n) is 2.03. The molecule has 0 spiro atoms. The molecule has 2 heterocycles. The number of hydrogen-bond donors (Lipinski definition) is 2. The first-order chi connectivity index (χ1) is 6.61. The van der Waals surface area contributed by atoms with Crippen LogP contribution in [-0.2, 0) is 0 Å². The molecule has 0 saturated heterocycles. The number of nitrogens with zero attached hydrogens (tertiary/aromatic N) is 2. The quantitative estimate of drug-likeness (QED) is 0.755. The molecule has 3 N–H and O–H groups in total. The molecule has 2 rings (SSSR count). The Morgan fingerprint density at radius 2 is 2.29 bits per heavy atom. The second-order valence-electron chi connectivity index (χ2n) is 3.15. The molecule has 0 fully saturated rings. The van der Waals surface area contributed by atoms with Gasteiger partial charge >= 0.3 is 0 Å². The lowest BCUT2D eigenvalue weighted by atomic mass is 10.3. The minimum atomic E-state index is -0.275. The average Bonchev–Trinajstić information content (AvgIpc) is 2.46. The molecule has 0 aliphatic heterocycles. The van der Waals surface area contributed by atoms with E-state index in [1.54, 1.807) is 29.5 Å². The minimum Gasteiger partial charge on any atom is -0.494 e. The molecule has 0 saturated carbocycles. The molecule has 1 unspecified atom stereocenters. The smallest absolute Gasteiger partial charge is 0.197 e. The SMILES string of the molecule is CC(N)c1nc(Cl)c2cccc(O)n12. The molecular weight excluding hydrogens is 202 g/mol. The van der Waals surface area contributed by atoms with Crippen molar-refractivity contribution in [3.05, 3.63) is 29.2 Å². The molecule has 74 valence electrons. The van der Waals surface area contributed by atoms with Gasteiger partial charge in [0.25, 0.3) is 0 Å². The summed E-state index contributed by atoms with van der Waals surface area (Å²) in [5.74, 6) is 0.650. The van der Waals surface area contributed by atoms with Gasteiger partial charge in [-0.25, -0.2) is 4.98 Å². The molecule has 0 radical (unpaired) electrons. The molecule has 5 heteroatoms. The molecule has 0 amide bonds. The highest BCUT2D eigenvalue weighted by Crippen LogP contribution is 2.25. The topological polar surface area (TPSA) is 63.5 Å². The summed E-state index contributed by atoms with van der Waals surface area (Å²) in [6, 6.07) is 4.78. The maximum Gasteiger partial charge on any atom is 0.197 e. The van der Waals surface area contributed by atoms with Crippen LogP contribution in [0.1, 0.15) is 18.8 Å². The van der Waals surface area contributed by atoms with E-state index in [0.29, 0.717) is 16.5 Å². The normalized spacial score (nSPS) is 13.4. The Balaban J connectivity index is 2.86. The first-order valence-corrected chi connectivity index (χ1v) is 4.60. The summed E-state index contributed by atoms with van der Waals surface area (Å²) in [7, 11) is 0. The van der Waals surface area contributed by atoms with Gasteiger partial charge in [0.1, 0.15) is 5.82 Å². The summed E-state index contributed by atoms with van der Waals surface area (Å²) >= 11 is 5.90. The number of aromatic hydroxyl groups is 1. The standard InChI is InChI=1S/C9H10ClN3O/c1-5(11)9-12-8(10)6-3-2-4-7(14)13(6)9/h2-5,14H,11H2,1H3. The summed E-state index contributed by atoms with van der Waals surface area (Å²) < 4.78 is 1.55. The summed E-state index contributed by atoms with van der Waals surface area (Å²) in [5, 5.41) is 9.98. The Kier molecular flexibility index (Phi) is 2.09. The fourth-order valence-corrected chi connectivity index (χ4v) is 1.65. The summed E-state index contributed by atoms with van der Waals surface area (Å²) in [4.78, 5) is 4.09. The van der Waals surface area contributed by atoms with Crippen molar-refractivity contribution < 1.29 is 5.11 Å². The number of nitrogens with two attached hydrogens (primary N) is 1. The van der Waals surface area contributed by atoms with Gasteiger partial charge in [-0.05, 0) is 19.1 Å². The van der Waals surface area contributed by atoms with E-state index in [1.165, 1.54) is 0 Å². The summed E-state index contributed by atoms with van der Waals surface area (Å²) in [6.45, 7) is 1.79. The number of pyridine rings is 1. The van der Waals surface area contributed by atoms with Crippen LogP contribution in [0.15, 0.2) is 18.2 Å². The van der Waals surface area contributed by atoms with Crippen LogP contribution in [-0.4, -0.2) is 14.5 Å². The first-order valence-electron chi connectivity index (χ1n) is 4.22. The van der Waals surface area contributed by atoms with E-state index in [9.17, 15) is 5.11 Å². The summed E-state index contributed by atoms with van der Waals surface area (Å²) in [6.07, 6.45) is 0. The number of fused-ring (bicyclic) bond motifs is 1. The second kappa shape index (κ2) is 3.15. The summed E-state index contributed by atoms with van der Waals surface area (Å²) in [5.41, 5.74) is 6.37. The van der Waals surface area contributed by atoms with Crippen molar-refractivity contribution >= 4 is 17.1 Å². The Morgan fingerprint density at radius 1 is 1.57 bits per heavy atom. The fraction of sp³-hybridized carbons (Fsp3) is 0.222. The zero-order valence-electron chi connectivity index (χ0n) is 7.61. The van der Waals surface area contributed by atoms with Crippen molar-refractivity contribution in [2.75, 3.05) is 0 Å².